The standard InChI is InChI=1S/C12H18N4O/c1-15-4-6-16(7-5-15)12(17)11-8-10(13-14-11)9-2-3-9/h8-9H,2-7H2,1H3,(H,13,14). The largest absolute Gasteiger partial charge is 0.335 e. The molecule has 2 aliphatic rings. The number of rotatable bonds is 2. The van der Waals surface area contributed by atoms with Gasteiger partial charge in [0.1, 0.15) is 5.69 Å². The zero-order valence-electron chi connectivity index (χ0n) is 10.1. The highest BCUT2D eigenvalue weighted by molar-refractivity contribution is 5.92. The summed E-state index contributed by atoms with van der Waals surface area (Å²) < 4.78 is 0. The zero-order chi connectivity index (χ0) is 11.8. The molecule has 1 aliphatic carbocycles. The van der Waals surface area contributed by atoms with Crippen LogP contribution in [0.25, 0.3) is 0 Å². The second-order valence-electron chi connectivity index (χ2n) is 5.08. The maximum Gasteiger partial charge on any atom is 0.274 e. The third kappa shape index (κ3) is 2.20. The quantitative estimate of drug-likeness (QED) is 0.818. The first kappa shape index (κ1) is 10.8. The molecule has 2 fully saturated rings. The maximum absolute atomic E-state index is 12.2. The van der Waals surface area contributed by atoms with Crippen molar-refractivity contribution in [2.24, 2.45) is 0 Å². The monoisotopic (exact) mass is 234 g/mol. The van der Waals surface area contributed by atoms with Crippen molar-refractivity contribution in [3.8, 4) is 0 Å². The molecule has 1 aromatic rings. The van der Waals surface area contributed by atoms with Gasteiger partial charge in [0.15, 0.2) is 0 Å². The fourth-order valence-electron chi connectivity index (χ4n) is 2.22. The van der Waals surface area contributed by atoms with Crippen molar-refractivity contribution in [3.63, 3.8) is 0 Å². The van der Waals surface area contributed by atoms with E-state index >= 15 is 0 Å². The molecule has 1 N–H and O–H groups in total. The summed E-state index contributed by atoms with van der Waals surface area (Å²) >= 11 is 0. The lowest BCUT2D eigenvalue weighted by molar-refractivity contribution is 0.0658. The van der Waals surface area contributed by atoms with Crippen molar-refractivity contribution < 1.29 is 4.79 Å². The first-order valence-electron chi connectivity index (χ1n) is 6.27. The Morgan fingerprint density at radius 1 is 1.35 bits per heavy atom. The van der Waals surface area contributed by atoms with E-state index in [1.54, 1.807) is 0 Å². The number of likely N-dealkylation sites (N-methyl/N-ethyl adjacent to an activating group) is 1. The van der Waals surface area contributed by atoms with Gasteiger partial charge >= 0.3 is 0 Å². The molecule has 0 atom stereocenters. The van der Waals surface area contributed by atoms with Crippen LogP contribution in [0, 0.1) is 0 Å². The minimum absolute atomic E-state index is 0.0706. The van der Waals surface area contributed by atoms with Crippen LogP contribution in [0.1, 0.15) is 34.9 Å². The Kier molecular flexibility index (Phi) is 2.63. The number of nitrogens with one attached hydrogen (secondary N) is 1. The van der Waals surface area contributed by atoms with Gasteiger partial charge in [0.25, 0.3) is 5.91 Å². The molecule has 0 aromatic carbocycles. The molecular formula is C12H18N4O. The molecule has 1 aliphatic heterocycles. The van der Waals surface area contributed by atoms with Gasteiger partial charge in [-0.25, -0.2) is 0 Å². The molecule has 2 heterocycles. The zero-order valence-corrected chi connectivity index (χ0v) is 10.1. The van der Waals surface area contributed by atoms with Crippen molar-refractivity contribution in [2.45, 2.75) is 18.8 Å². The van der Waals surface area contributed by atoms with E-state index in [1.807, 2.05) is 11.0 Å². The SMILES string of the molecule is CN1CCN(C(=O)c2cc(C3CC3)[nH]n2)CC1. The van der Waals surface area contributed by atoms with Crippen LogP contribution in [0.2, 0.25) is 0 Å². The van der Waals surface area contributed by atoms with Gasteiger partial charge in [0.2, 0.25) is 0 Å². The number of aromatic nitrogens is 2. The van der Waals surface area contributed by atoms with Gasteiger partial charge in [-0.15, -0.1) is 0 Å². The first-order valence-corrected chi connectivity index (χ1v) is 6.27. The molecule has 3 rings (SSSR count). The highest BCUT2D eigenvalue weighted by Gasteiger charge is 2.28. The van der Waals surface area contributed by atoms with Gasteiger partial charge in [-0.3, -0.25) is 9.89 Å². The lowest BCUT2D eigenvalue weighted by Crippen LogP contribution is -2.47. The van der Waals surface area contributed by atoms with Gasteiger partial charge in [0, 0.05) is 37.8 Å². The summed E-state index contributed by atoms with van der Waals surface area (Å²) in [5, 5.41) is 7.13. The fourth-order valence-corrected chi connectivity index (χ4v) is 2.22. The van der Waals surface area contributed by atoms with Crippen LogP contribution in [0.4, 0.5) is 0 Å². The Morgan fingerprint density at radius 2 is 2.06 bits per heavy atom. The highest BCUT2D eigenvalue weighted by atomic mass is 16.2. The number of H-pyrrole nitrogens is 1. The molecule has 0 bridgehead atoms. The van der Waals surface area contributed by atoms with Gasteiger partial charge in [-0.2, -0.15) is 5.10 Å². The fraction of sp³-hybridized carbons (Fsp3) is 0.667. The molecule has 0 unspecified atom stereocenters. The molecule has 1 amide bonds. The molecule has 0 spiro atoms. The first-order chi connectivity index (χ1) is 8.24. The van der Waals surface area contributed by atoms with Crippen molar-refractivity contribution in [1.82, 2.24) is 20.0 Å². The molecule has 1 aromatic heterocycles. The van der Waals surface area contributed by atoms with E-state index in [0.29, 0.717) is 11.6 Å². The van der Waals surface area contributed by atoms with Gasteiger partial charge in [-0.05, 0) is 26.0 Å². The van der Waals surface area contributed by atoms with E-state index < -0.39 is 0 Å². The smallest absolute Gasteiger partial charge is 0.274 e. The molecule has 5 nitrogen and oxygen atoms in total. The normalized spacial score (nSPS) is 21.8. The van der Waals surface area contributed by atoms with Gasteiger partial charge < -0.3 is 9.80 Å². The predicted molar refractivity (Wildman–Crippen MR) is 64.0 cm³/mol. The Bertz CT molecular complexity index is 416. The van der Waals surface area contributed by atoms with E-state index in [-0.39, 0.29) is 5.91 Å². The summed E-state index contributed by atoms with van der Waals surface area (Å²) in [6.45, 7) is 3.51. The summed E-state index contributed by atoms with van der Waals surface area (Å²) in [6.07, 6.45) is 2.45. The van der Waals surface area contributed by atoms with Crippen LogP contribution >= 0.6 is 0 Å². The summed E-state index contributed by atoms with van der Waals surface area (Å²) in [6, 6.07) is 1.93. The number of aromatic amines is 1. The van der Waals surface area contributed by atoms with Crippen LogP contribution in [0.3, 0.4) is 0 Å². The third-order valence-electron chi connectivity index (χ3n) is 3.62. The van der Waals surface area contributed by atoms with E-state index in [9.17, 15) is 4.79 Å². The Morgan fingerprint density at radius 3 is 2.71 bits per heavy atom. The number of carbonyl (C=O) groups is 1. The highest BCUT2D eigenvalue weighted by Crippen LogP contribution is 2.39. The summed E-state index contributed by atoms with van der Waals surface area (Å²) in [7, 11) is 2.08. The van der Waals surface area contributed by atoms with E-state index in [4.69, 9.17) is 0 Å². The Labute approximate surface area is 101 Å². The van der Waals surface area contributed by atoms with Crippen LogP contribution in [-0.4, -0.2) is 59.1 Å². The maximum atomic E-state index is 12.2. The topological polar surface area (TPSA) is 52.2 Å². The molecule has 1 saturated carbocycles. The minimum Gasteiger partial charge on any atom is -0.335 e. The van der Waals surface area contributed by atoms with Gasteiger partial charge in [0.05, 0.1) is 0 Å². The van der Waals surface area contributed by atoms with E-state index in [2.05, 4.69) is 22.1 Å². The number of carbonyl (C=O) groups excluding carboxylic acids is 1. The van der Waals surface area contributed by atoms with Crippen molar-refractivity contribution in [2.75, 3.05) is 33.2 Å². The third-order valence-corrected chi connectivity index (χ3v) is 3.62. The predicted octanol–water partition coefficient (Wildman–Crippen LogP) is 0.675. The average Bonchev–Trinajstić information content (AvgIpc) is 3.07. The average molecular weight is 234 g/mol. The van der Waals surface area contributed by atoms with E-state index in [1.165, 1.54) is 12.8 Å². The second kappa shape index (κ2) is 4.14. The number of nitrogens with zero attached hydrogens (tertiary/aromatic N) is 3. The van der Waals surface area contributed by atoms with Crippen molar-refractivity contribution >= 4 is 5.91 Å². The number of amides is 1. The minimum atomic E-state index is 0.0706. The summed E-state index contributed by atoms with van der Waals surface area (Å²) in [4.78, 5) is 16.3. The Hall–Kier alpha value is -1.36. The molecule has 92 valence electrons. The molecular weight excluding hydrogens is 216 g/mol. The van der Waals surface area contributed by atoms with E-state index in [0.717, 1.165) is 31.9 Å². The van der Waals surface area contributed by atoms with Crippen molar-refractivity contribution in [3.05, 3.63) is 17.5 Å². The van der Waals surface area contributed by atoms with Crippen LogP contribution < -0.4 is 0 Å². The van der Waals surface area contributed by atoms with Gasteiger partial charge in [-0.1, -0.05) is 0 Å². The Balaban J connectivity index is 1.67. The van der Waals surface area contributed by atoms with Crippen molar-refractivity contribution in [1.29, 1.82) is 0 Å². The molecule has 0 radical (unpaired) electrons. The summed E-state index contributed by atoms with van der Waals surface area (Å²) in [5.74, 6) is 0.692. The number of hydrogen-bond acceptors (Lipinski definition) is 3. The molecule has 5 heteroatoms. The lowest BCUT2D eigenvalue weighted by atomic mass is 10.2. The second-order valence-corrected chi connectivity index (χ2v) is 5.08. The number of piperazine rings is 1. The molecule has 17 heavy (non-hydrogen) atoms. The number of hydrogen-bond donors (Lipinski definition) is 1. The van der Waals surface area contributed by atoms with Crippen LogP contribution in [-0.2, 0) is 0 Å². The van der Waals surface area contributed by atoms with Crippen LogP contribution in [0.5, 0.6) is 0 Å². The molecule has 1 saturated heterocycles. The lowest BCUT2D eigenvalue weighted by Gasteiger charge is -2.31. The summed E-state index contributed by atoms with van der Waals surface area (Å²) in [5.41, 5.74) is 1.71. The van der Waals surface area contributed by atoms with Crippen LogP contribution in [0.15, 0.2) is 6.07 Å².